The molecule has 1 aromatic carbocycles. The predicted octanol–water partition coefficient (Wildman–Crippen LogP) is 3.01. The third-order valence-electron chi connectivity index (χ3n) is 5.14. The van der Waals surface area contributed by atoms with Gasteiger partial charge in [0, 0.05) is 62.6 Å². The maximum atomic E-state index is 5.58. The Bertz CT molecular complexity index is 607. The fourth-order valence-corrected chi connectivity index (χ4v) is 4.43. The van der Waals surface area contributed by atoms with Crippen molar-refractivity contribution in [3.8, 4) is 0 Å². The molecule has 0 N–H and O–H groups in total. The van der Waals surface area contributed by atoms with Crippen molar-refractivity contribution >= 4 is 11.3 Å². The van der Waals surface area contributed by atoms with Crippen molar-refractivity contribution in [1.29, 1.82) is 0 Å². The van der Waals surface area contributed by atoms with Crippen LogP contribution in [-0.4, -0.2) is 53.2 Å². The zero-order chi connectivity index (χ0) is 16.2. The van der Waals surface area contributed by atoms with Gasteiger partial charge in [-0.3, -0.25) is 14.8 Å². The summed E-state index contributed by atoms with van der Waals surface area (Å²) < 4.78 is 5.58. The molecule has 4 rings (SSSR count). The van der Waals surface area contributed by atoms with Gasteiger partial charge < -0.3 is 4.74 Å². The molecule has 2 aliphatic heterocycles. The van der Waals surface area contributed by atoms with Gasteiger partial charge in [-0.05, 0) is 18.4 Å². The van der Waals surface area contributed by atoms with Crippen molar-refractivity contribution in [2.45, 2.75) is 38.0 Å². The number of aromatic nitrogens is 1. The minimum atomic E-state index is 0.662. The van der Waals surface area contributed by atoms with Crippen molar-refractivity contribution in [2.75, 3.05) is 26.3 Å². The van der Waals surface area contributed by atoms with Crippen molar-refractivity contribution in [3.05, 3.63) is 52.5 Å². The van der Waals surface area contributed by atoms with Crippen molar-refractivity contribution < 1.29 is 4.74 Å². The zero-order valence-corrected chi connectivity index (χ0v) is 14.8. The lowest BCUT2D eigenvalue weighted by molar-refractivity contribution is -0.0377. The lowest BCUT2D eigenvalue weighted by Gasteiger charge is -2.49. The molecule has 4 nitrogen and oxygen atoms in total. The molecule has 2 saturated heterocycles. The number of hydrogen-bond acceptors (Lipinski definition) is 5. The molecule has 0 bridgehead atoms. The van der Waals surface area contributed by atoms with Gasteiger partial charge in [-0.2, -0.15) is 0 Å². The Hall–Kier alpha value is -1.27. The Balaban J connectivity index is 1.39. The summed E-state index contributed by atoms with van der Waals surface area (Å²) in [4.78, 5) is 10.8. The third-order valence-corrected chi connectivity index (χ3v) is 5.90. The SMILES string of the molecule is c1ccc(CN(C2CCOCC2)C2CN(Cc3cncs3)C2)cc1. The van der Waals surface area contributed by atoms with Gasteiger partial charge in [-0.15, -0.1) is 11.3 Å². The molecule has 0 radical (unpaired) electrons. The highest BCUT2D eigenvalue weighted by Gasteiger charge is 2.36. The van der Waals surface area contributed by atoms with Gasteiger partial charge in [0.25, 0.3) is 0 Å². The number of hydrogen-bond donors (Lipinski definition) is 0. The smallest absolute Gasteiger partial charge is 0.0794 e. The summed E-state index contributed by atoms with van der Waals surface area (Å²) in [6.07, 6.45) is 4.33. The maximum absolute atomic E-state index is 5.58. The van der Waals surface area contributed by atoms with Gasteiger partial charge in [-0.1, -0.05) is 30.3 Å². The van der Waals surface area contributed by atoms with Crippen LogP contribution < -0.4 is 0 Å². The monoisotopic (exact) mass is 343 g/mol. The molecule has 2 fully saturated rings. The summed E-state index contributed by atoms with van der Waals surface area (Å²) in [6.45, 7) is 6.27. The summed E-state index contributed by atoms with van der Waals surface area (Å²) in [5, 5.41) is 0. The van der Waals surface area contributed by atoms with E-state index >= 15 is 0 Å². The molecule has 1 aromatic heterocycles. The summed E-state index contributed by atoms with van der Waals surface area (Å²) in [6, 6.07) is 12.2. The first-order valence-corrected chi connectivity index (χ1v) is 9.73. The van der Waals surface area contributed by atoms with Crippen LogP contribution in [0.5, 0.6) is 0 Å². The highest BCUT2D eigenvalue weighted by molar-refractivity contribution is 7.09. The fraction of sp³-hybridized carbons (Fsp3) is 0.526. The second-order valence-electron chi connectivity index (χ2n) is 6.82. The largest absolute Gasteiger partial charge is 0.381 e. The third kappa shape index (κ3) is 3.86. The first-order chi connectivity index (χ1) is 11.9. The van der Waals surface area contributed by atoms with Crippen molar-refractivity contribution in [2.24, 2.45) is 0 Å². The molecule has 2 aromatic rings. The Morgan fingerprint density at radius 2 is 1.92 bits per heavy atom. The van der Waals surface area contributed by atoms with E-state index in [0.29, 0.717) is 12.1 Å². The summed E-state index contributed by atoms with van der Waals surface area (Å²) in [5.41, 5.74) is 3.35. The normalized spacial score (nSPS) is 20.4. The van der Waals surface area contributed by atoms with Gasteiger partial charge in [0.2, 0.25) is 0 Å². The van der Waals surface area contributed by atoms with Crippen LogP contribution in [0.3, 0.4) is 0 Å². The van der Waals surface area contributed by atoms with Gasteiger partial charge in [-0.25, -0.2) is 0 Å². The van der Waals surface area contributed by atoms with E-state index in [4.69, 9.17) is 4.74 Å². The first-order valence-electron chi connectivity index (χ1n) is 8.85. The first kappa shape index (κ1) is 16.2. The average Bonchev–Trinajstić information content (AvgIpc) is 3.11. The maximum Gasteiger partial charge on any atom is 0.0794 e. The van der Waals surface area contributed by atoms with Gasteiger partial charge in [0.15, 0.2) is 0 Å². The van der Waals surface area contributed by atoms with Crippen LogP contribution in [-0.2, 0) is 17.8 Å². The van der Waals surface area contributed by atoms with Crippen LogP contribution in [0.4, 0.5) is 0 Å². The molecule has 3 heterocycles. The van der Waals surface area contributed by atoms with Gasteiger partial charge >= 0.3 is 0 Å². The van der Waals surface area contributed by atoms with E-state index < -0.39 is 0 Å². The Kier molecular flexibility index (Phi) is 5.23. The molecule has 0 saturated carbocycles. The quantitative estimate of drug-likeness (QED) is 0.806. The van der Waals surface area contributed by atoms with Crippen LogP contribution in [0.2, 0.25) is 0 Å². The lowest BCUT2D eigenvalue weighted by Crippen LogP contribution is -2.61. The molecule has 128 valence electrons. The van der Waals surface area contributed by atoms with Crippen LogP contribution in [0, 0.1) is 0 Å². The lowest BCUT2D eigenvalue weighted by atomic mass is 9.98. The number of ether oxygens (including phenoxy) is 1. The molecule has 0 aliphatic carbocycles. The minimum Gasteiger partial charge on any atom is -0.381 e. The number of benzene rings is 1. The molecule has 0 unspecified atom stereocenters. The number of nitrogens with zero attached hydrogens (tertiary/aromatic N) is 3. The average molecular weight is 343 g/mol. The second-order valence-corrected chi connectivity index (χ2v) is 7.79. The standard InChI is InChI=1S/C19H25N3OS/c1-2-4-16(5-3-1)11-22(17-6-8-23-9-7-17)18-12-21(13-18)14-19-10-20-15-24-19/h1-5,10,15,17-18H,6-9,11-14H2. The number of rotatable bonds is 6. The van der Waals surface area contributed by atoms with Crippen LogP contribution >= 0.6 is 11.3 Å². The second kappa shape index (κ2) is 7.74. The highest BCUT2D eigenvalue weighted by atomic mass is 32.1. The van der Waals surface area contributed by atoms with Gasteiger partial charge in [0.05, 0.1) is 5.51 Å². The molecule has 24 heavy (non-hydrogen) atoms. The van der Waals surface area contributed by atoms with E-state index in [1.165, 1.54) is 23.5 Å². The van der Waals surface area contributed by atoms with E-state index in [0.717, 1.165) is 39.1 Å². The summed E-state index contributed by atoms with van der Waals surface area (Å²) >= 11 is 1.76. The van der Waals surface area contributed by atoms with E-state index in [1.54, 1.807) is 11.3 Å². The highest BCUT2D eigenvalue weighted by Crippen LogP contribution is 2.26. The minimum absolute atomic E-state index is 0.662. The van der Waals surface area contributed by atoms with Crippen molar-refractivity contribution in [1.82, 2.24) is 14.8 Å². The zero-order valence-electron chi connectivity index (χ0n) is 14.0. The van der Waals surface area contributed by atoms with Crippen LogP contribution in [0.1, 0.15) is 23.3 Å². The predicted molar refractivity (Wildman–Crippen MR) is 97.0 cm³/mol. The topological polar surface area (TPSA) is 28.6 Å². The molecule has 0 spiro atoms. The molecule has 5 heteroatoms. The molecule has 0 amide bonds. The summed E-state index contributed by atoms with van der Waals surface area (Å²) in [5.74, 6) is 0. The number of thiazole rings is 1. The summed E-state index contributed by atoms with van der Waals surface area (Å²) in [7, 11) is 0. The molecule has 2 aliphatic rings. The molecular weight excluding hydrogens is 318 g/mol. The van der Waals surface area contributed by atoms with Crippen LogP contribution in [0.25, 0.3) is 0 Å². The fourth-order valence-electron chi connectivity index (χ4n) is 3.79. The number of likely N-dealkylation sites (tertiary alicyclic amines) is 1. The van der Waals surface area contributed by atoms with Crippen molar-refractivity contribution in [3.63, 3.8) is 0 Å². The Morgan fingerprint density at radius 1 is 1.12 bits per heavy atom. The molecular formula is C19H25N3OS. The Labute approximate surface area is 148 Å². The van der Waals surface area contributed by atoms with E-state index in [2.05, 4.69) is 45.1 Å². The van der Waals surface area contributed by atoms with Crippen LogP contribution in [0.15, 0.2) is 42.0 Å². The van der Waals surface area contributed by atoms with Gasteiger partial charge in [0.1, 0.15) is 0 Å². The van der Waals surface area contributed by atoms with E-state index in [-0.39, 0.29) is 0 Å². The molecule has 0 atom stereocenters. The van der Waals surface area contributed by atoms with E-state index in [9.17, 15) is 0 Å². The van der Waals surface area contributed by atoms with E-state index in [1.807, 2.05) is 11.7 Å². The Morgan fingerprint density at radius 3 is 2.62 bits per heavy atom.